The molecule has 0 saturated heterocycles. The SMILES string of the molecule is CC(C)(C)c1ccc(N(c2ccc3c4c(c5ccccc5c3c2)-c2c(c3ccccc3c3ccccc23)C42c3ccccc3-c3ccccc32)c2ccc3c4c(c5ccccc5c3c2)-c2c(c3ccccc3c3ccccc23)C42c3ccccc3-c3ccccc32)cc1. The lowest BCUT2D eigenvalue weighted by atomic mass is 9.68. The zero-order valence-electron chi connectivity index (χ0n) is 51.8. The number of anilines is 3. The Morgan fingerprint density at radius 3 is 0.763 bits per heavy atom. The van der Waals surface area contributed by atoms with E-state index >= 15 is 0 Å². The molecule has 0 saturated carbocycles. The average molecular weight is 1180 g/mol. The van der Waals surface area contributed by atoms with Gasteiger partial charge in [-0.3, -0.25) is 0 Å². The van der Waals surface area contributed by atoms with E-state index in [0.29, 0.717) is 0 Å². The van der Waals surface area contributed by atoms with Crippen molar-refractivity contribution in [2.75, 3.05) is 4.90 Å². The van der Waals surface area contributed by atoms with Crippen molar-refractivity contribution in [3.63, 3.8) is 0 Å². The van der Waals surface area contributed by atoms with Crippen LogP contribution in [0, 0.1) is 0 Å². The highest BCUT2D eigenvalue weighted by atomic mass is 15.1. The molecule has 0 bridgehead atoms. The minimum absolute atomic E-state index is 0.0306. The molecule has 1 nitrogen and oxygen atoms in total. The third kappa shape index (κ3) is 6.33. The van der Waals surface area contributed by atoms with Gasteiger partial charge in [0.05, 0.1) is 10.8 Å². The largest absolute Gasteiger partial charge is 0.310 e. The van der Waals surface area contributed by atoms with Crippen LogP contribution in [0.1, 0.15) is 70.8 Å². The summed E-state index contributed by atoms with van der Waals surface area (Å²) in [7, 11) is 0. The van der Waals surface area contributed by atoms with Gasteiger partial charge in [0, 0.05) is 17.1 Å². The molecule has 4 aliphatic rings. The Hall–Kier alpha value is -11.4. The van der Waals surface area contributed by atoms with Gasteiger partial charge in [0.25, 0.3) is 0 Å². The van der Waals surface area contributed by atoms with Crippen LogP contribution in [0.3, 0.4) is 0 Å². The summed E-state index contributed by atoms with van der Waals surface area (Å²) in [6.07, 6.45) is 0. The second-order valence-electron chi connectivity index (χ2n) is 27.5. The molecule has 0 aliphatic heterocycles. The number of hydrogen-bond acceptors (Lipinski definition) is 1. The Morgan fingerprint density at radius 1 is 0.215 bits per heavy atom. The quantitative estimate of drug-likeness (QED) is 0.159. The third-order valence-electron chi connectivity index (χ3n) is 22.3. The Morgan fingerprint density at radius 2 is 0.452 bits per heavy atom. The summed E-state index contributed by atoms with van der Waals surface area (Å²) >= 11 is 0. The van der Waals surface area contributed by atoms with Crippen LogP contribution in [-0.2, 0) is 16.2 Å². The smallest absolute Gasteiger partial charge is 0.0738 e. The molecule has 17 aromatic rings. The van der Waals surface area contributed by atoms with Crippen LogP contribution in [0.2, 0.25) is 0 Å². The highest BCUT2D eigenvalue weighted by Crippen LogP contribution is 2.70. The van der Waals surface area contributed by atoms with Gasteiger partial charge in [0.2, 0.25) is 0 Å². The standard InChI is InChI=1S/C92H59N/c1-90(2,3)54-44-46-55(47-45-54)93(56-48-50-74-76(52-56)62-28-6-12-36-70(62)84-82-68-34-10-4-24-58(68)60-26-8-14-38-72(60)86(82)91(88(74)84)78-40-20-16-30-64(78)65-31-17-21-41-79(65)91)57-49-51-75-77(53-57)63-29-7-13-37-71(63)85-83-69-35-11-5-25-59(69)61-27-9-15-39-73(61)87(83)92(89(75)85)80-42-22-18-32-66(80)67-33-19-23-43-81(67)92/h4-53H,1-3H3. The molecule has 0 heterocycles. The third-order valence-corrected chi connectivity index (χ3v) is 22.3. The van der Waals surface area contributed by atoms with Gasteiger partial charge >= 0.3 is 0 Å². The monoisotopic (exact) mass is 1180 g/mol. The highest BCUT2D eigenvalue weighted by Gasteiger charge is 2.56. The number of fused-ring (bicyclic) bond motifs is 40. The van der Waals surface area contributed by atoms with Crippen LogP contribution in [0.4, 0.5) is 17.1 Å². The van der Waals surface area contributed by atoms with Gasteiger partial charge in [0.15, 0.2) is 0 Å². The summed E-state index contributed by atoms with van der Waals surface area (Å²) in [6.45, 7) is 6.94. The molecule has 0 radical (unpaired) electrons. The molecule has 93 heavy (non-hydrogen) atoms. The fraction of sp³-hybridized carbons (Fsp3) is 0.0652. The van der Waals surface area contributed by atoms with Crippen LogP contribution in [0.15, 0.2) is 303 Å². The van der Waals surface area contributed by atoms with Gasteiger partial charge in [-0.2, -0.15) is 0 Å². The van der Waals surface area contributed by atoms with Gasteiger partial charge in [-0.05, 0) is 223 Å². The van der Waals surface area contributed by atoms with E-state index in [1.54, 1.807) is 0 Å². The first-order chi connectivity index (χ1) is 45.8. The lowest BCUT2D eigenvalue weighted by Gasteiger charge is -2.33. The van der Waals surface area contributed by atoms with Crippen molar-refractivity contribution < 1.29 is 0 Å². The van der Waals surface area contributed by atoms with E-state index in [-0.39, 0.29) is 5.41 Å². The second-order valence-corrected chi connectivity index (χ2v) is 27.5. The summed E-state index contributed by atoms with van der Waals surface area (Å²) in [5, 5.41) is 20.4. The molecule has 0 N–H and O–H groups in total. The first-order valence-corrected chi connectivity index (χ1v) is 33.0. The molecule has 0 atom stereocenters. The van der Waals surface area contributed by atoms with E-state index in [1.165, 1.54) is 181 Å². The Labute approximate surface area is 539 Å². The molecule has 0 unspecified atom stereocenters. The molecular formula is C92H59N. The predicted molar refractivity (Wildman–Crippen MR) is 392 cm³/mol. The molecular weight excluding hydrogens is 1120 g/mol. The van der Waals surface area contributed by atoms with E-state index in [2.05, 4.69) is 329 Å². The average Bonchev–Trinajstić information content (AvgIpc) is 1.49. The fourth-order valence-electron chi connectivity index (χ4n) is 18.9. The molecule has 17 aromatic carbocycles. The highest BCUT2D eigenvalue weighted by molar-refractivity contribution is 6.30. The zero-order chi connectivity index (χ0) is 61.2. The van der Waals surface area contributed by atoms with Gasteiger partial charge in [-0.1, -0.05) is 288 Å². The number of hydrogen-bond donors (Lipinski definition) is 0. The molecule has 0 fully saturated rings. The summed E-state index contributed by atoms with van der Waals surface area (Å²) in [5.74, 6) is 0. The van der Waals surface area contributed by atoms with E-state index in [9.17, 15) is 0 Å². The van der Waals surface area contributed by atoms with Crippen LogP contribution < -0.4 is 4.90 Å². The number of nitrogens with zero attached hydrogens (tertiary/aromatic N) is 1. The summed E-state index contributed by atoms with van der Waals surface area (Å²) in [5.41, 5.74) is 24.8. The summed E-state index contributed by atoms with van der Waals surface area (Å²) < 4.78 is 0. The van der Waals surface area contributed by atoms with Crippen molar-refractivity contribution in [3.05, 3.63) is 353 Å². The minimum atomic E-state index is -0.622. The van der Waals surface area contributed by atoms with Crippen LogP contribution >= 0.6 is 0 Å². The van der Waals surface area contributed by atoms with Gasteiger partial charge in [-0.15, -0.1) is 0 Å². The van der Waals surface area contributed by atoms with E-state index < -0.39 is 10.8 Å². The van der Waals surface area contributed by atoms with E-state index in [0.717, 1.165) is 17.1 Å². The van der Waals surface area contributed by atoms with Crippen molar-refractivity contribution in [1.82, 2.24) is 0 Å². The van der Waals surface area contributed by atoms with Crippen LogP contribution in [0.5, 0.6) is 0 Å². The Bertz CT molecular complexity index is 5790. The van der Waals surface area contributed by atoms with Crippen molar-refractivity contribution in [2.45, 2.75) is 37.0 Å². The van der Waals surface area contributed by atoms with Crippen LogP contribution in [0.25, 0.3) is 131 Å². The van der Waals surface area contributed by atoms with Gasteiger partial charge in [0.1, 0.15) is 0 Å². The lowest BCUT2D eigenvalue weighted by Crippen LogP contribution is -2.26. The van der Waals surface area contributed by atoms with E-state index in [1.807, 2.05) is 0 Å². The Kier molecular flexibility index (Phi) is 10.0. The van der Waals surface area contributed by atoms with Crippen molar-refractivity contribution in [3.8, 4) is 44.5 Å². The maximum absolute atomic E-state index is 2.55. The topological polar surface area (TPSA) is 3.24 Å². The normalized spacial score (nSPS) is 14.1. The van der Waals surface area contributed by atoms with Gasteiger partial charge in [-0.25, -0.2) is 0 Å². The zero-order valence-corrected chi connectivity index (χ0v) is 51.8. The molecule has 0 amide bonds. The first-order valence-electron chi connectivity index (χ1n) is 33.0. The predicted octanol–water partition coefficient (Wildman–Crippen LogP) is 24.4. The second kappa shape index (κ2) is 18.2. The minimum Gasteiger partial charge on any atom is -0.310 e. The van der Waals surface area contributed by atoms with Gasteiger partial charge < -0.3 is 4.90 Å². The molecule has 0 aromatic heterocycles. The van der Waals surface area contributed by atoms with Crippen molar-refractivity contribution in [1.29, 1.82) is 0 Å². The maximum Gasteiger partial charge on any atom is 0.0738 e. The van der Waals surface area contributed by atoms with Crippen molar-refractivity contribution >= 4 is 103 Å². The van der Waals surface area contributed by atoms with Crippen molar-refractivity contribution in [2.24, 2.45) is 0 Å². The molecule has 4 aliphatic carbocycles. The first kappa shape index (κ1) is 51.4. The lowest BCUT2D eigenvalue weighted by molar-refractivity contribution is 0.590. The van der Waals surface area contributed by atoms with Crippen LogP contribution in [-0.4, -0.2) is 0 Å². The number of benzene rings is 17. The molecule has 21 rings (SSSR count). The molecule has 1 heteroatoms. The Balaban J connectivity index is 0.876. The molecule has 432 valence electrons. The maximum atomic E-state index is 2.55. The molecule has 2 spiro atoms. The fourth-order valence-corrected chi connectivity index (χ4v) is 18.9. The summed E-state index contributed by atoms with van der Waals surface area (Å²) in [4.78, 5) is 2.55. The summed E-state index contributed by atoms with van der Waals surface area (Å²) in [6, 6.07) is 117. The van der Waals surface area contributed by atoms with E-state index in [4.69, 9.17) is 0 Å². The number of rotatable bonds is 3.